The van der Waals surface area contributed by atoms with Crippen LogP contribution in [0.3, 0.4) is 0 Å². The van der Waals surface area contributed by atoms with E-state index < -0.39 is 6.10 Å². The summed E-state index contributed by atoms with van der Waals surface area (Å²) >= 11 is 0. The van der Waals surface area contributed by atoms with Gasteiger partial charge in [0, 0.05) is 26.4 Å². The number of aryl methyl sites for hydroxylation is 1. The molecule has 0 unspecified atom stereocenters. The van der Waals surface area contributed by atoms with E-state index in [1.807, 2.05) is 23.9 Å². The zero-order valence-corrected chi connectivity index (χ0v) is 16.3. The summed E-state index contributed by atoms with van der Waals surface area (Å²) in [4.78, 5) is 30.1. The first kappa shape index (κ1) is 20.0. The highest BCUT2D eigenvalue weighted by Gasteiger charge is 2.29. The van der Waals surface area contributed by atoms with Gasteiger partial charge in [-0.1, -0.05) is 12.1 Å². The van der Waals surface area contributed by atoms with Crippen LogP contribution in [0.25, 0.3) is 0 Å². The number of amides is 2. The van der Waals surface area contributed by atoms with Gasteiger partial charge in [0.05, 0.1) is 17.9 Å². The summed E-state index contributed by atoms with van der Waals surface area (Å²) in [6.45, 7) is 3.20. The highest BCUT2D eigenvalue weighted by Crippen LogP contribution is 2.29. The van der Waals surface area contributed by atoms with Crippen molar-refractivity contribution in [2.24, 2.45) is 13.0 Å². The van der Waals surface area contributed by atoms with Crippen LogP contribution in [-0.4, -0.2) is 51.0 Å². The lowest BCUT2D eigenvalue weighted by molar-refractivity contribution is -0.118. The van der Waals surface area contributed by atoms with E-state index in [-0.39, 0.29) is 24.3 Å². The van der Waals surface area contributed by atoms with Crippen LogP contribution >= 0.6 is 0 Å². The molecule has 1 aliphatic heterocycles. The third-order valence-electron chi connectivity index (χ3n) is 5.08. The minimum absolute atomic E-state index is 0.124. The van der Waals surface area contributed by atoms with Crippen molar-refractivity contribution < 1.29 is 14.7 Å². The largest absolute Gasteiger partial charge is 0.385 e. The molecule has 2 amide bonds. The number of nitrogens with zero attached hydrogens (tertiary/aromatic N) is 3. The quantitative estimate of drug-likeness (QED) is 0.704. The average Bonchev–Trinajstić information content (AvgIpc) is 3.09. The Morgan fingerprint density at radius 1 is 1.21 bits per heavy atom. The van der Waals surface area contributed by atoms with E-state index in [2.05, 4.69) is 20.5 Å². The second-order valence-electron chi connectivity index (χ2n) is 7.23. The predicted octanol–water partition coefficient (Wildman–Crippen LogP) is 1.76. The number of imidazole rings is 1. The van der Waals surface area contributed by atoms with Gasteiger partial charge in [-0.05, 0) is 44.0 Å². The molecule has 8 heteroatoms. The Labute approximate surface area is 164 Å². The normalized spacial score (nSPS) is 16.5. The number of rotatable bonds is 6. The lowest BCUT2D eigenvalue weighted by Crippen LogP contribution is -2.40. The van der Waals surface area contributed by atoms with Crippen LogP contribution in [0, 0.1) is 5.92 Å². The van der Waals surface area contributed by atoms with Gasteiger partial charge in [0.15, 0.2) is 0 Å². The van der Waals surface area contributed by atoms with Gasteiger partial charge in [-0.25, -0.2) is 4.98 Å². The third kappa shape index (κ3) is 4.96. The molecular formula is C20H27N5O3. The van der Waals surface area contributed by atoms with Crippen molar-refractivity contribution >= 4 is 23.2 Å². The number of piperidine rings is 1. The van der Waals surface area contributed by atoms with Crippen LogP contribution < -0.4 is 10.6 Å². The van der Waals surface area contributed by atoms with E-state index in [4.69, 9.17) is 0 Å². The van der Waals surface area contributed by atoms with Gasteiger partial charge in [0.1, 0.15) is 11.9 Å². The lowest BCUT2D eigenvalue weighted by Gasteiger charge is -2.33. The molecule has 1 saturated heterocycles. The first-order valence-corrected chi connectivity index (χ1v) is 9.48. The SMILES string of the molecule is CC(=O)Nc1ccccc1NC(=O)CN1CCC([C@H](O)c2nccn2C)CC1. The number of aliphatic hydroxyl groups excluding tert-OH is 1. The maximum absolute atomic E-state index is 12.4. The molecule has 8 nitrogen and oxygen atoms in total. The van der Waals surface area contributed by atoms with Crippen molar-refractivity contribution in [3.05, 3.63) is 42.5 Å². The number of hydrogen-bond acceptors (Lipinski definition) is 5. The Morgan fingerprint density at radius 3 is 2.43 bits per heavy atom. The minimum atomic E-state index is -0.583. The first-order valence-electron chi connectivity index (χ1n) is 9.48. The van der Waals surface area contributed by atoms with Crippen molar-refractivity contribution in [2.75, 3.05) is 30.3 Å². The number of carbonyl (C=O) groups is 2. The predicted molar refractivity (Wildman–Crippen MR) is 107 cm³/mol. The van der Waals surface area contributed by atoms with Crippen molar-refractivity contribution in [2.45, 2.75) is 25.9 Å². The molecule has 1 fully saturated rings. The summed E-state index contributed by atoms with van der Waals surface area (Å²) < 4.78 is 1.84. The number of carbonyl (C=O) groups excluding carboxylic acids is 2. The van der Waals surface area contributed by atoms with Crippen LogP contribution in [-0.2, 0) is 16.6 Å². The molecular weight excluding hydrogens is 358 g/mol. The van der Waals surface area contributed by atoms with Crippen molar-refractivity contribution in [1.29, 1.82) is 0 Å². The first-order chi connectivity index (χ1) is 13.4. The molecule has 0 radical (unpaired) electrons. The number of nitrogens with one attached hydrogen (secondary N) is 2. The number of hydrogen-bond donors (Lipinski definition) is 3. The minimum Gasteiger partial charge on any atom is -0.385 e. The number of aliphatic hydroxyl groups is 1. The fourth-order valence-electron chi connectivity index (χ4n) is 3.58. The molecule has 0 aliphatic carbocycles. The van der Waals surface area contributed by atoms with E-state index in [0.29, 0.717) is 17.2 Å². The summed E-state index contributed by atoms with van der Waals surface area (Å²) in [5.41, 5.74) is 1.17. The number of para-hydroxylation sites is 2. The van der Waals surface area contributed by atoms with Crippen molar-refractivity contribution in [3.8, 4) is 0 Å². The van der Waals surface area contributed by atoms with Crippen LogP contribution in [0.4, 0.5) is 11.4 Å². The van der Waals surface area contributed by atoms with E-state index in [0.717, 1.165) is 25.9 Å². The Hall–Kier alpha value is -2.71. The van der Waals surface area contributed by atoms with E-state index in [1.165, 1.54) is 6.92 Å². The fraction of sp³-hybridized carbons (Fsp3) is 0.450. The highest BCUT2D eigenvalue weighted by atomic mass is 16.3. The molecule has 3 N–H and O–H groups in total. The van der Waals surface area contributed by atoms with Crippen LogP contribution in [0.1, 0.15) is 31.7 Å². The number of aromatic nitrogens is 2. The van der Waals surface area contributed by atoms with E-state index in [1.54, 1.807) is 24.4 Å². The van der Waals surface area contributed by atoms with Crippen molar-refractivity contribution in [3.63, 3.8) is 0 Å². The Kier molecular flexibility index (Phi) is 6.43. The molecule has 2 aromatic rings. The number of likely N-dealkylation sites (tertiary alicyclic amines) is 1. The number of anilines is 2. The molecule has 1 aromatic heterocycles. The highest BCUT2D eigenvalue weighted by molar-refractivity contribution is 5.99. The fourth-order valence-corrected chi connectivity index (χ4v) is 3.58. The van der Waals surface area contributed by atoms with Crippen molar-refractivity contribution in [1.82, 2.24) is 14.5 Å². The Bertz CT molecular complexity index is 827. The van der Waals surface area contributed by atoms with Crippen LogP contribution in [0.5, 0.6) is 0 Å². The third-order valence-corrected chi connectivity index (χ3v) is 5.08. The molecule has 2 heterocycles. The van der Waals surface area contributed by atoms with Gasteiger partial charge in [-0.2, -0.15) is 0 Å². The van der Waals surface area contributed by atoms with Gasteiger partial charge < -0.3 is 20.3 Å². The molecule has 0 spiro atoms. The molecule has 0 bridgehead atoms. The zero-order valence-electron chi connectivity index (χ0n) is 16.3. The smallest absolute Gasteiger partial charge is 0.238 e. The monoisotopic (exact) mass is 385 g/mol. The Morgan fingerprint density at radius 2 is 1.86 bits per heavy atom. The summed E-state index contributed by atoms with van der Waals surface area (Å²) in [5.74, 6) is 0.516. The van der Waals surface area contributed by atoms with Gasteiger partial charge >= 0.3 is 0 Å². The topological polar surface area (TPSA) is 99.5 Å². The maximum atomic E-state index is 12.4. The summed E-state index contributed by atoms with van der Waals surface area (Å²) in [7, 11) is 1.88. The molecule has 1 aromatic carbocycles. The summed E-state index contributed by atoms with van der Waals surface area (Å²) in [6.07, 6.45) is 4.56. The standard InChI is InChI=1S/C20H27N5O3/c1-14(26)22-16-5-3-4-6-17(16)23-18(27)13-25-10-7-15(8-11-25)19(28)20-21-9-12-24(20)2/h3-6,9,12,15,19,28H,7-8,10-11,13H2,1-2H3,(H,22,26)(H,23,27)/t19-/m0/s1. The number of benzene rings is 1. The second-order valence-corrected chi connectivity index (χ2v) is 7.23. The summed E-state index contributed by atoms with van der Waals surface area (Å²) in [6, 6.07) is 7.13. The van der Waals surface area contributed by atoms with E-state index in [9.17, 15) is 14.7 Å². The molecule has 150 valence electrons. The van der Waals surface area contributed by atoms with Gasteiger partial charge in [-0.15, -0.1) is 0 Å². The molecule has 0 saturated carbocycles. The second kappa shape index (κ2) is 8.99. The van der Waals surface area contributed by atoms with E-state index >= 15 is 0 Å². The average molecular weight is 385 g/mol. The maximum Gasteiger partial charge on any atom is 0.238 e. The zero-order chi connectivity index (χ0) is 20.1. The van der Waals surface area contributed by atoms with Crippen LogP contribution in [0.2, 0.25) is 0 Å². The van der Waals surface area contributed by atoms with Gasteiger partial charge in [0.2, 0.25) is 11.8 Å². The molecule has 1 aliphatic rings. The summed E-state index contributed by atoms with van der Waals surface area (Å²) in [5, 5.41) is 16.1. The van der Waals surface area contributed by atoms with Gasteiger partial charge in [0.25, 0.3) is 0 Å². The Balaban J connectivity index is 1.50. The molecule has 28 heavy (non-hydrogen) atoms. The van der Waals surface area contributed by atoms with Crippen LogP contribution in [0.15, 0.2) is 36.7 Å². The lowest BCUT2D eigenvalue weighted by atomic mass is 9.90. The molecule has 1 atom stereocenters. The molecule has 3 rings (SSSR count). The van der Waals surface area contributed by atoms with Gasteiger partial charge in [-0.3, -0.25) is 14.5 Å².